The lowest BCUT2D eigenvalue weighted by Crippen LogP contribution is -2.23. The molecule has 1 aliphatic rings. The molecule has 0 spiro atoms. The number of hydrogen-bond donors (Lipinski definition) is 0. The fourth-order valence-electron chi connectivity index (χ4n) is 0.876. The van der Waals surface area contributed by atoms with Gasteiger partial charge in [-0.25, -0.2) is 0 Å². The van der Waals surface area contributed by atoms with Crippen molar-refractivity contribution in [2.75, 3.05) is 0 Å². The minimum absolute atomic E-state index is 0.0235. The Morgan fingerprint density at radius 2 is 2.50 bits per heavy atom. The van der Waals surface area contributed by atoms with E-state index in [-0.39, 0.29) is 5.97 Å². The smallest absolute Gasteiger partial charge is 0.292 e. The molecule has 1 heterocycles. The molecule has 1 rings (SSSR count). The van der Waals surface area contributed by atoms with Crippen LogP contribution in [-0.4, -0.2) is 15.0 Å². The van der Waals surface area contributed by atoms with E-state index in [4.69, 9.17) is 4.43 Å². The molecule has 0 bridgehead atoms. The summed E-state index contributed by atoms with van der Waals surface area (Å²) in [5.41, 5.74) is 0. The highest BCUT2D eigenvalue weighted by Gasteiger charge is 2.16. The average molecular weight is 130 g/mol. The van der Waals surface area contributed by atoms with Gasteiger partial charge in [0.05, 0.1) is 0 Å². The van der Waals surface area contributed by atoms with Crippen molar-refractivity contribution in [1.29, 1.82) is 0 Å². The predicted molar refractivity (Wildman–Crippen MR) is 33.1 cm³/mol. The van der Waals surface area contributed by atoms with Crippen molar-refractivity contribution in [2.45, 2.75) is 25.4 Å². The number of hydrogen-bond acceptors (Lipinski definition) is 2. The summed E-state index contributed by atoms with van der Waals surface area (Å²) in [6, 6.07) is 1.17. The largest absolute Gasteiger partial charge is 0.522 e. The Kier molecular flexibility index (Phi) is 1.68. The molecule has 1 fully saturated rings. The third kappa shape index (κ3) is 1.33. The van der Waals surface area contributed by atoms with E-state index >= 15 is 0 Å². The molecule has 0 radical (unpaired) electrons. The molecule has 1 unspecified atom stereocenters. The van der Waals surface area contributed by atoms with Crippen LogP contribution in [0.1, 0.15) is 12.8 Å². The molecule has 0 N–H and O–H groups in total. The van der Waals surface area contributed by atoms with Gasteiger partial charge in [-0.2, -0.15) is 0 Å². The molecule has 0 aromatic carbocycles. The normalized spacial score (nSPS) is 29.6. The molecule has 3 heteroatoms. The van der Waals surface area contributed by atoms with Crippen molar-refractivity contribution in [3.05, 3.63) is 0 Å². The molecular weight excluding hydrogens is 120 g/mol. The van der Waals surface area contributed by atoms with Gasteiger partial charge in [0.1, 0.15) is 0 Å². The van der Waals surface area contributed by atoms with Crippen LogP contribution in [0.4, 0.5) is 0 Å². The van der Waals surface area contributed by atoms with Gasteiger partial charge < -0.3 is 4.43 Å². The Labute approximate surface area is 50.6 Å². The van der Waals surface area contributed by atoms with Crippen molar-refractivity contribution < 1.29 is 9.22 Å². The predicted octanol–water partition coefficient (Wildman–Crippen LogP) is 0.677. The topological polar surface area (TPSA) is 26.3 Å². The second-order valence-electron chi connectivity index (χ2n) is 2.19. The summed E-state index contributed by atoms with van der Waals surface area (Å²) in [6.07, 6.45) is 1.71. The van der Waals surface area contributed by atoms with Crippen LogP contribution in [0.25, 0.3) is 0 Å². The van der Waals surface area contributed by atoms with Crippen molar-refractivity contribution in [1.82, 2.24) is 0 Å². The van der Waals surface area contributed by atoms with Crippen molar-refractivity contribution >= 4 is 15.0 Å². The lowest BCUT2D eigenvalue weighted by atomic mass is 10.3. The number of carbonyl (C=O) groups is 1. The Hall–Kier alpha value is -0.313. The quantitative estimate of drug-likeness (QED) is 0.451. The average Bonchev–Trinajstić information content (AvgIpc) is 1.64. The zero-order valence-corrected chi connectivity index (χ0v) is 6.17. The first-order valence-corrected chi connectivity index (χ1v) is 5.43. The van der Waals surface area contributed by atoms with E-state index in [0.29, 0.717) is 6.42 Å². The highest BCUT2D eigenvalue weighted by Crippen LogP contribution is 2.10. The Bertz CT molecular complexity index is 103. The molecule has 1 atom stereocenters. The Morgan fingerprint density at radius 3 is 2.88 bits per heavy atom. The molecule has 0 aromatic heterocycles. The first-order chi connectivity index (χ1) is 3.79. The van der Waals surface area contributed by atoms with Gasteiger partial charge >= 0.3 is 0 Å². The fraction of sp³-hybridized carbons (Fsp3) is 0.800. The molecule has 0 saturated carbocycles. The molecule has 0 aromatic rings. The third-order valence-electron chi connectivity index (χ3n) is 1.32. The minimum atomic E-state index is -1.00. The summed E-state index contributed by atoms with van der Waals surface area (Å²) in [4.78, 5) is 10.5. The van der Waals surface area contributed by atoms with E-state index in [1.807, 2.05) is 0 Å². The molecule has 8 heavy (non-hydrogen) atoms. The lowest BCUT2D eigenvalue weighted by Gasteiger charge is -2.16. The van der Waals surface area contributed by atoms with Crippen LogP contribution in [0.2, 0.25) is 12.6 Å². The number of carbonyl (C=O) groups excluding carboxylic acids is 1. The van der Waals surface area contributed by atoms with Gasteiger partial charge in [0.2, 0.25) is 9.04 Å². The lowest BCUT2D eigenvalue weighted by molar-refractivity contribution is -0.135. The molecule has 46 valence electrons. The summed E-state index contributed by atoms with van der Waals surface area (Å²) in [7, 11) is -1.00. The zero-order chi connectivity index (χ0) is 5.98. The van der Waals surface area contributed by atoms with E-state index < -0.39 is 9.04 Å². The molecular formula is C5H10O2Si. The van der Waals surface area contributed by atoms with E-state index in [1.54, 1.807) is 0 Å². The van der Waals surface area contributed by atoms with Crippen LogP contribution < -0.4 is 0 Å². The molecule has 1 saturated heterocycles. The first kappa shape index (κ1) is 5.82. The first-order valence-electron chi connectivity index (χ1n) is 2.98. The van der Waals surface area contributed by atoms with Crippen LogP contribution in [0, 0.1) is 0 Å². The fourth-order valence-corrected chi connectivity index (χ4v) is 2.34. The van der Waals surface area contributed by atoms with Gasteiger partial charge in [0, 0.05) is 6.42 Å². The maximum absolute atomic E-state index is 10.5. The van der Waals surface area contributed by atoms with E-state index in [0.717, 1.165) is 6.42 Å². The summed E-state index contributed by atoms with van der Waals surface area (Å²) >= 11 is 0. The SMILES string of the molecule is C[SiH]1CCCC(=O)O1. The molecule has 0 amide bonds. The second kappa shape index (κ2) is 2.30. The van der Waals surface area contributed by atoms with Crippen LogP contribution >= 0.6 is 0 Å². The van der Waals surface area contributed by atoms with Gasteiger partial charge in [0.25, 0.3) is 5.97 Å². The third-order valence-corrected chi connectivity index (χ3v) is 3.21. The molecule has 2 nitrogen and oxygen atoms in total. The van der Waals surface area contributed by atoms with Gasteiger partial charge in [-0.3, -0.25) is 4.79 Å². The van der Waals surface area contributed by atoms with Gasteiger partial charge in [-0.05, 0) is 19.0 Å². The van der Waals surface area contributed by atoms with Crippen LogP contribution in [0.5, 0.6) is 0 Å². The second-order valence-corrected chi connectivity index (χ2v) is 4.63. The van der Waals surface area contributed by atoms with E-state index in [1.165, 1.54) is 6.04 Å². The molecule has 1 aliphatic heterocycles. The monoisotopic (exact) mass is 130 g/mol. The maximum Gasteiger partial charge on any atom is 0.292 e. The van der Waals surface area contributed by atoms with Gasteiger partial charge in [0.15, 0.2) is 0 Å². The minimum Gasteiger partial charge on any atom is -0.522 e. The van der Waals surface area contributed by atoms with Crippen molar-refractivity contribution in [3.8, 4) is 0 Å². The van der Waals surface area contributed by atoms with E-state index in [2.05, 4.69) is 6.55 Å². The zero-order valence-electron chi connectivity index (χ0n) is 5.02. The van der Waals surface area contributed by atoms with Crippen LogP contribution in [0.3, 0.4) is 0 Å². The summed E-state index contributed by atoms with van der Waals surface area (Å²) < 4.78 is 4.99. The summed E-state index contributed by atoms with van der Waals surface area (Å²) in [6.45, 7) is 2.07. The number of rotatable bonds is 0. The van der Waals surface area contributed by atoms with Gasteiger partial charge in [-0.15, -0.1) is 0 Å². The summed E-state index contributed by atoms with van der Waals surface area (Å²) in [5.74, 6) is 0.0235. The van der Waals surface area contributed by atoms with Crippen molar-refractivity contribution in [3.63, 3.8) is 0 Å². The highest BCUT2D eigenvalue weighted by atomic mass is 28.3. The van der Waals surface area contributed by atoms with Gasteiger partial charge in [-0.1, -0.05) is 0 Å². The van der Waals surface area contributed by atoms with Crippen LogP contribution in [0.15, 0.2) is 0 Å². The highest BCUT2D eigenvalue weighted by molar-refractivity contribution is 6.52. The Morgan fingerprint density at radius 1 is 1.75 bits per heavy atom. The Balaban J connectivity index is 2.34. The summed E-state index contributed by atoms with van der Waals surface area (Å²) in [5, 5.41) is 0. The maximum atomic E-state index is 10.5. The van der Waals surface area contributed by atoms with Crippen molar-refractivity contribution in [2.24, 2.45) is 0 Å². The van der Waals surface area contributed by atoms with E-state index in [9.17, 15) is 4.79 Å². The standard InChI is InChI=1S/C5H10O2Si/c1-8-4-2-3-5(6)7-8/h8H,2-4H2,1H3. The van der Waals surface area contributed by atoms with Crippen LogP contribution in [-0.2, 0) is 9.22 Å². The molecule has 0 aliphatic carbocycles.